The fraction of sp³-hybridized carbons (Fsp3) is 0.257. The third-order valence-corrected chi connectivity index (χ3v) is 8.18. The molecule has 7 rings (SSSR count). The molecule has 3 aromatic heterocycles. The van der Waals surface area contributed by atoms with Crippen LogP contribution in [0.4, 0.5) is 4.39 Å². The zero-order valence-corrected chi connectivity index (χ0v) is 22.9. The lowest BCUT2D eigenvalue weighted by Gasteiger charge is -2.34. The van der Waals surface area contributed by atoms with Gasteiger partial charge in [0.2, 0.25) is 0 Å². The summed E-state index contributed by atoms with van der Waals surface area (Å²) in [6.07, 6.45) is 7.22. The monoisotopic (exact) mass is 560 g/mol. The van der Waals surface area contributed by atoms with Crippen LogP contribution in [0.5, 0.6) is 0 Å². The molecule has 6 nitrogen and oxygen atoms in total. The normalized spacial score (nSPS) is 14.8. The molecule has 0 aliphatic heterocycles. The van der Waals surface area contributed by atoms with E-state index in [1.807, 2.05) is 30.6 Å². The molecule has 1 aliphatic rings. The van der Waals surface area contributed by atoms with Crippen LogP contribution in [0.1, 0.15) is 60.1 Å². The molecule has 42 heavy (non-hydrogen) atoms. The summed E-state index contributed by atoms with van der Waals surface area (Å²) in [7, 11) is 0. The topological polar surface area (TPSA) is 72.6 Å². The first-order valence-electron chi connectivity index (χ1n) is 14.3. The van der Waals surface area contributed by atoms with E-state index < -0.39 is 0 Å². The number of aromatic nitrogens is 4. The van der Waals surface area contributed by atoms with Crippen molar-refractivity contribution < 1.29 is 4.39 Å². The lowest BCUT2D eigenvalue weighted by Crippen LogP contribution is -2.31. The van der Waals surface area contributed by atoms with Crippen LogP contribution >= 0.6 is 0 Å². The number of benzene rings is 3. The summed E-state index contributed by atoms with van der Waals surface area (Å²) in [5.74, 6) is 0.758. The van der Waals surface area contributed by atoms with Crippen molar-refractivity contribution in [2.24, 2.45) is 0 Å². The van der Waals surface area contributed by atoms with E-state index in [0.717, 1.165) is 72.2 Å². The number of hydrogen-bond acceptors (Lipinski definition) is 4. The highest BCUT2D eigenvalue weighted by atomic mass is 19.1. The Balaban J connectivity index is 0.00000316. The van der Waals surface area contributed by atoms with Gasteiger partial charge in [-0.25, -0.2) is 9.37 Å². The van der Waals surface area contributed by atoms with Crippen LogP contribution in [0.2, 0.25) is 0 Å². The molecule has 1 unspecified atom stereocenters. The fourth-order valence-electron chi connectivity index (χ4n) is 6.13. The van der Waals surface area contributed by atoms with Crippen molar-refractivity contribution in [2.75, 3.05) is 0 Å². The van der Waals surface area contributed by atoms with Gasteiger partial charge in [0.1, 0.15) is 11.6 Å². The maximum atomic E-state index is 13.5. The van der Waals surface area contributed by atoms with Gasteiger partial charge in [-0.2, -0.15) is 0 Å². The highest BCUT2D eigenvalue weighted by Crippen LogP contribution is 2.34. The summed E-state index contributed by atoms with van der Waals surface area (Å²) in [6.45, 7) is 3.02. The Bertz CT molecular complexity index is 1750. The van der Waals surface area contributed by atoms with Crippen molar-refractivity contribution in [3.63, 3.8) is 0 Å². The maximum Gasteiger partial charge on any atom is 0.125 e. The number of rotatable bonds is 9. The fourth-order valence-corrected chi connectivity index (χ4v) is 6.13. The zero-order chi connectivity index (χ0) is 27.6. The quantitative estimate of drug-likeness (QED) is 0.170. The first kappa shape index (κ1) is 27.8. The largest absolute Gasteiger partial charge is 0.361 e. The Morgan fingerprint density at radius 1 is 0.905 bits per heavy atom. The molecule has 0 saturated heterocycles. The number of fused-ring (bicyclic) bond motifs is 3. The van der Waals surface area contributed by atoms with Crippen molar-refractivity contribution in [1.29, 1.82) is 0 Å². The summed E-state index contributed by atoms with van der Waals surface area (Å²) in [5.41, 5.74) is 9.10. The number of nitrogens with one attached hydrogen (secondary N) is 3. The first-order chi connectivity index (χ1) is 20.2. The summed E-state index contributed by atoms with van der Waals surface area (Å²) in [5, 5.41) is 4.59. The first-order valence-corrected chi connectivity index (χ1v) is 14.3. The van der Waals surface area contributed by atoms with Gasteiger partial charge in [0, 0.05) is 42.9 Å². The van der Waals surface area contributed by atoms with E-state index in [9.17, 15) is 4.39 Å². The van der Waals surface area contributed by atoms with Crippen molar-refractivity contribution in [1.82, 2.24) is 30.2 Å². The van der Waals surface area contributed by atoms with Crippen molar-refractivity contribution >= 4 is 21.9 Å². The molecule has 214 valence electrons. The van der Waals surface area contributed by atoms with E-state index in [1.165, 1.54) is 34.5 Å². The van der Waals surface area contributed by atoms with Gasteiger partial charge in [-0.05, 0) is 77.9 Å². The number of pyridine rings is 1. The molecular formula is C35H37FN6. The van der Waals surface area contributed by atoms with Crippen LogP contribution < -0.4 is 5.32 Å². The molecule has 1 aliphatic carbocycles. The van der Waals surface area contributed by atoms with Gasteiger partial charge in [-0.15, -0.1) is 0 Å². The maximum absolute atomic E-state index is 13.5. The van der Waals surface area contributed by atoms with E-state index in [4.69, 9.17) is 9.97 Å². The Hall–Kier alpha value is -4.33. The minimum absolute atomic E-state index is 0. The number of para-hydroxylation sites is 2. The van der Waals surface area contributed by atoms with Crippen LogP contribution in [0.15, 0.2) is 91.3 Å². The van der Waals surface area contributed by atoms with E-state index >= 15 is 0 Å². The average Bonchev–Trinajstić information content (AvgIpc) is 3.60. The molecule has 0 fully saturated rings. The van der Waals surface area contributed by atoms with E-state index in [0.29, 0.717) is 6.54 Å². The summed E-state index contributed by atoms with van der Waals surface area (Å²) < 4.78 is 13.5. The molecule has 6 aromatic rings. The van der Waals surface area contributed by atoms with Gasteiger partial charge in [-0.1, -0.05) is 49.9 Å². The molecular weight excluding hydrogens is 523 g/mol. The van der Waals surface area contributed by atoms with Crippen LogP contribution in [0, 0.1) is 5.82 Å². The number of halogens is 1. The molecule has 0 radical (unpaired) electrons. The highest BCUT2D eigenvalue weighted by Gasteiger charge is 2.28. The van der Waals surface area contributed by atoms with Gasteiger partial charge in [0.05, 0.1) is 29.3 Å². The van der Waals surface area contributed by atoms with Crippen LogP contribution in [-0.2, 0) is 32.6 Å². The van der Waals surface area contributed by atoms with Crippen LogP contribution in [0.25, 0.3) is 21.9 Å². The number of hydrogen-bond donors (Lipinski definition) is 3. The Morgan fingerprint density at radius 3 is 2.64 bits per heavy atom. The van der Waals surface area contributed by atoms with Gasteiger partial charge in [-0.3, -0.25) is 9.88 Å². The predicted octanol–water partition coefficient (Wildman–Crippen LogP) is 7.58. The average molecular weight is 561 g/mol. The Labute approximate surface area is 246 Å². The molecule has 1 atom stereocenters. The molecule has 7 heteroatoms. The Kier molecular flexibility index (Phi) is 8.13. The van der Waals surface area contributed by atoms with Crippen LogP contribution in [0.3, 0.4) is 0 Å². The van der Waals surface area contributed by atoms with Gasteiger partial charge >= 0.3 is 0 Å². The lowest BCUT2D eigenvalue weighted by molar-refractivity contribution is 0.153. The molecule has 3 aromatic carbocycles. The van der Waals surface area contributed by atoms with Crippen molar-refractivity contribution in [3.8, 4) is 0 Å². The van der Waals surface area contributed by atoms with Crippen molar-refractivity contribution in [2.45, 2.75) is 58.9 Å². The second kappa shape index (κ2) is 12.3. The number of imidazole rings is 1. The summed E-state index contributed by atoms with van der Waals surface area (Å²) in [6, 6.07) is 26.5. The van der Waals surface area contributed by atoms with Crippen molar-refractivity contribution in [3.05, 3.63) is 131 Å². The molecule has 0 spiro atoms. The minimum atomic E-state index is -0.223. The number of aromatic amines is 2. The highest BCUT2D eigenvalue weighted by molar-refractivity contribution is 5.83. The third kappa shape index (κ3) is 5.84. The summed E-state index contributed by atoms with van der Waals surface area (Å²) >= 11 is 0. The zero-order valence-electron chi connectivity index (χ0n) is 22.9. The SMILES string of the molecule is C.Fc1ccc2c(CNCc3ccc(CN(Cc4nc5ccccc5[nH]4)C4CCCc5cccnc54)cc3)c[nH]c2c1. The van der Waals surface area contributed by atoms with Gasteiger partial charge < -0.3 is 15.3 Å². The van der Waals surface area contributed by atoms with E-state index in [1.54, 1.807) is 0 Å². The standard InChI is InChI=1S/C34H33FN6.CH4/c35-27-14-15-28-26(20-38-31(28)17-27)19-36-18-23-10-12-24(13-11-23)21-41(22-33-39-29-7-1-2-8-30(29)40-33)32-9-3-5-25-6-4-16-37-34(25)32;/h1-2,4,6-8,10-17,20,32,36,38H,3,5,9,18-19,21-22H2,(H,39,40);1H4. The summed E-state index contributed by atoms with van der Waals surface area (Å²) in [4.78, 5) is 18.9. The van der Waals surface area contributed by atoms with Crippen LogP contribution in [-0.4, -0.2) is 24.8 Å². The molecule has 0 amide bonds. The molecule has 0 bridgehead atoms. The second-order valence-electron chi connectivity index (χ2n) is 11.0. The van der Waals surface area contributed by atoms with Gasteiger partial charge in [0.25, 0.3) is 0 Å². The van der Waals surface area contributed by atoms with E-state index in [-0.39, 0.29) is 19.3 Å². The Morgan fingerprint density at radius 2 is 1.76 bits per heavy atom. The second-order valence-corrected chi connectivity index (χ2v) is 11.0. The van der Waals surface area contributed by atoms with Gasteiger partial charge in [0.15, 0.2) is 0 Å². The number of aryl methyl sites for hydroxylation is 1. The predicted molar refractivity (Wildman–Crippen MR) is 167 cm³/mol. The smallest absolute Gasteiger partial charge is 0.125 e. The van der Waals surface area contributed by atoms with E-state index in [2.05, 4.69) is 68.7 Å². The molecule has 3 heterocycles. The number of H-pyrrole nitrogens is 2. The third-order valence-electron chi connectivity index (χ3n) is 8.18. The molecule has 0 saturated carbocycles. The molecule has 3 N–H and O–H groups in total. The number of nitrogens with zero attached hydrogens (tertiary/aromatic N) is 3. The lowest BCUT2D eigenvalue weighted by atomic mass is 9.90. The minimum Gasteiger partial charge on any atom is -0.361 e.